The highest BCUT2D eigenvalue weighted by molar-refractivity contribution is 6.26. The van der Waals surface area contributed by atoms with Crippen LogP contribution in [-0.4, -0.2) is 0 Å². The lowest BCUT2D eigenvalue weighted by molar-refractivity contribution is 1.72. The third kappa shape index (κ3) is 4.99. The Morgan fingerprint density at radius 2 is 0.886 bits per heavy atom. The van der Waals surface area contributed by atoms with Gasteiger partial charge in [-0.3, -0.25) is 0 Å². The minimum atomic E-state index is 0.637. The summed E-state index contributed by atoms with van der Waals surface area (Å²) in [5.74, 6) is 0. The van der Waals surface area contributed by atoms with Crippen molar-refractivity contribution in [2.45, 2.75) is 0 Å². The zero-order chi connectivity index (χ0) is 30.8. The van der Waals surface area contributed by atoms with Crippen LogP contribution in [0.5, 0.6) is 0 Å². The lowest BCUT2D eigenvalue weighted by Crippen LogP contribution is -1.98. The SMILES string of the molecule is C=CC=C.Nc1c(N)c2c3ccccc3ccc2c2ccccc12.Nc1ccc2cc3cc4ccccc4cc3cc2c1N. The van der Waals surface area contributed by atoms with Crippen LogP contribution in [0, 0.1) is 0 Å². The molecule has 0 aliphatic rings. The predicted octanol–water partition coefficient (Wildman–Crippen LogP) is 9.98. The average molecular weight is 571 g/mol. The normalized spacial score (nSPS) is 10.8. The number of rotatable bonds is 1. The molecular weight excluding hydrogens is 536 g/mol. The van der Waals surface area contributed by atoms with E-state index in [-0.39, 0.29) is 0 Å². The number of hydrogen-bond acceptors (Lipinski definition) is 4. The minimum Gasteiger partial charge on any atom is -0.397 e. The van der Waals surface area contributed by atoms with E-state index < -0.39 is 0 Å². The Bertz CT molecular complexity index is 2360. The van der Waals surface area contributed by atoms with Gasteiger partial charge in [-0.25, -0.2) is 0 Å². The molecule has 8 N–H and O–H groups in total. The Balaban J connectivity index is 0.000000139. The summed E-state index contributed by atoms with van der Waals surface area (Å²) in [6.07, 6.45) is 3.28. The molecule has 0 amide bonds. The summed E-state index contributed by atoms with van der Waals surface area (Å²) >= 11 is 0. The van der Waals surface area contributed by atoms with Gasteiger partial charge in [0.2, 0.25) is 0 Å². The largest absolute Gasteiger partial charge is 0.397 e. The van der Waals surface area contributed by atoms with E-state index in [1.165, 1.54) is 26.9 Å². The molecule has 214 valence electrons. The zero-order valence-electron chi connectivity index (χ0n) is 24.4. The summed E-state index contributed by atoms with van der Waals surface area (Å²) in [6, 6.07) is 41.7. The molecule has 4 heteroatoms. The maximum atomic E-state index is 6.33. The fourth-order valence-electron chi connectivity index (χ4n) is 5.82. The second-order valence-corrected chi connectivity index (χ2v) is 10.7. The third-order valence-electron chi connectivity index (χ3n) is 8.08. The Morgan fingerprint density at radius 3 is 1.55 bits per heavy atom. The molecule has 0 radical (unpaired) electrons. The lowest BCUT2D eigenvalue weighted by atomic mass is 9.94. The summed E-state index contributed by atoms with van der Waals surface area (Å²) in [5, 5.41) is 13.8. The van der Waals surface area contributed by atoms with Gasteiger partial charge >= 0.3 is 0 Å². The number of nitrogen functional groups attached to an aromatic ring is 4. The highest BCUT2D eigenvalue weighted by Gasteiger charge is 2.12. The molecule has 0 fully saturated rings. The Morgan fingerprint density at radius 1 is 0.364 bits per heavy atom. The van der Waals surface area contributed by atoms with Crippen molar-refractivity contribution in [3.8, 4) is 0 Å². The predicted molar refractivity (Wildman–Crippen MR) is 196 cm³/mol. The summed E-state index contributed by atoms with van der Waals surface area (Å²) in [6.45, 7) is 6.72. The molecule has 0 unspecified atom stereocenters. The van der Waals surface area contributed by atoms with Crippen LogP contribution >= 0.6 is 0 Å². The van der Waals surface area contributed by atoms with Gasteiger partial charge in [-0.15, -0.1) is 0 Å². The fraction of sp³-hybridized carbons (Fsp3) is 0. The van der Waals surface area contributed by atoms with Crippen molar-refractivity contribution in [2.75, 3.05) is 22.9 Å². The van der Waals surface area contributed by atoms with Crippen molar-refractivity contribution in [3.63, 3.8) is 0 Å². The number of anilines is 4. The van der Waals surface area contributed by atoms with Crippen LogP contribution in [0.3, 0.4) is 0 Å². The maximum absolute atomic E-state index is 6.33. The molecule has 8 rings (SSSR count). The topological polar surface area (TPSA) is 104 Å². The molecule has 0 saturated carbocycles. The monoisotopic (exact) mass is 570 g/mol. The maximum Gasteiger partial charge on any atom is 0.0640 e. The smallest absolute Gasteiger partial charge is 0.0640 e. The van der Waals surface area contributed by atoms with Gasteiger partial charge in [0.15, 0.2) is 0 Å². The zero-order valence-corrected chi connectivity index (χ0v) is 24.4. The van der Waals surface area contributed by atoms with E-state index in [2.05, 4.69) is 92.0 Å². The van der Waals surface area contributed by atoms with Gasteiger partial charge < -0.3 is 22.9 Å². The molecule has 4 nitrogen and oxygen atoms in total. The molecule has 0 heterocycles. The molecule has 0 aliphatic carbocycles. The summed E-state index contributed by atoms with van der Waals surface area (Å²) < 4.78 is 0. The van der Waals surface area contributed by atoms with Crippen molar-refractivity contribution in [1.29, 1.82) is 0 Å². The number of nitrogens with two attached hydrogens (primary N) is 4. The molecular formula is C40H34N4. The van der Waals surface area contributed by atoms with Crippen LogP contribution in [0.4, 0.5) is 22.7 Å². The third-order valence-corrected chi connectivity index (χ3v) is 8.08. The number of fused-ring (bicyclic) bond motifs is 8. The molecule has 0 aromatic heterocycles. The summed E-state index contributed by atoms with van der Waals surface area (Å²) in [7, 11) is 0. The van der Waals surface area contributed by atoms with E-state index >= 15 is 0 Å². The van der Waals surface area contributed by atoms with Gasteiger partial charge in [0, 0.05) is 16.2 Å². The van der Waals surface area contributed by atoms with Gasteiger partial charge in [-0.05, 0) is 78.8 Å². The fourth-order valence-corrected chi connectivity index (χ4v) is 5.82. The second-order valence-electron chi connectivity index (χ2n) is 10.7. The quantitative estimate of drug-likeness (QED) is 0.0518. The lowest BCUT2D eigenvalue weighted by Gasteiger charge is -2.13. The van der Waals surface area contributed by atoms with E-state index in [1.54, 1.807) is 12.2 Å². The van der Waals surface area contributed by atoms with Crippen LogP contribution in [0.25, 0.3) is 64.6 Å². The highest BCUT2D eigenvalue weighted by atomic mass is 14.7. The van der Waals surface area contributed by atoms with Crippen molar-refractivity contribution < 1.29 is 0 Å². The van der Waals surface area contributed by atoms with Gasteiger partial charge in [0.25, 0.3) is 0 Å². The van der Waals surface area contributed by atoms with Crippen LogP contribution in [0.15, 0.2) is 147 Å². The number of hydrogen-bond donors (Lipinski definition) is 4. The van der Waals surface area contributed by atoms with Crippen LogP contribution in [-0.2, 0) is 0 Å². The first kappa shape index (κ1) is 28.1. The van der Waals surface area contributed by atoms with Crippen LogP contribution < -0.4 is 22.9 Å². The van der Waals surface area contributed by atoms with E-state index in [1.807, 2.05) is 42.5 Å². The molecule has 0 bridgehead atoms. The standard InChI is InChI=1S/2C18H14N2.C4H6/c19-17-15-8-4-3-7-13(15)14-10-9-11-5-1-2-6-12(11)16(14)18(17)20;19-17-6-5-13-9-14-7-11-3-1-2-4-12(11)8-15(14)10-16(13)18(17)20;1-3-4-2/h2*1-10H,19-20H2;3-4H,1-2H2. The van der Waals surface area contributed by atoms with E-state index in [0.29, 0.717) is 22.7 Å². The Kier molecular flexibility index (Phi) is 7.49. The van der Waals surface area contributed by atoms with Crippen molar-refractivity contribution in [1.82, 2.24) is 0 Å². The summed E-state index contributed by atoms with van der Waals surface area (Å²) in [4.78, 5) is 0. The van der Waals surface area contributed by atoms with E-state index in [9.17, 15) is 0 Å². The van der Waals surface area contributed by atoms with E-state index in [0.717, 1.165) is 37.7 Å². The van der Waals surface area contributed by atoms with Crippen LogP contribution in [0.2, 0.25) is 0 Å². The molecule has 0 aliphatic heterocycles. The first-order valence-corrected chi connectivity index (χ1v) is 14.4. The Hall–Kier alpha value is -6.00. The molecule has 8 aromatic carbocycles. The van der Waals surface area contributed by atoms with Crippen molar-refractivity contribution in [2.24, 2.45) is 0 Å². The van der Waals surface area contributed by atoms with Gasteiger partial charge in [-0.1, -0.05) is 116 Å². The van der Waals surface area contributed by atoms with Gasteiger partial charge in [-0.2, -0.15) is 0 Å². The van der Waals surface area contributed by atoms with E-state index in [4.69, 9.17) is 22.9 Å². The minimum absolute atomic E-state index is 0.637. The highest BCUT2D eigenvalue weighted by Crippen LogP contribution is 2.40. The number of allylic oxidation sites excluding steroid dienone is 2. The average Bonchev–Trinajstić information content (AvgIpc) is 3.07. The van der Waals surface area contributed by atoms with Gasteiger partial charge in [0.1, 0.15) is 0 Å². The second kappa shape index (κ2) is 11.7. The summed E-state index contributed by atoms with van der Waals surface area (Å²) in [5.41, 5.74) is 27.2. The molecule has 44 heavy (non-hydrogen) atoms. The van der Waals surface area contributed by atoms with Crippen molar-refractivity contribution in [3.05, 3.63) is 147 Å². The first-order valence-electron chi connectivity index (χ1n) is 14.4. The van der Waals surface area contributed by atoms with Crippen molar-refractivity contribution >= 4 is 87.4 Å². The number of benzene rings is 8. The molecule has 8 aromatic rings. The molecule has 0 saturated heterocycles. The molecule has 0 atom stereocenters. The van der Waals surface area contributed by atoms with Gasteiger partial charge in [0.05, 0.1) is 22.7 Å². The van der Waals surface area contributed by atoms with Crippen LogP contribution in [0.1, 0.15) is 0 Å². The Labute approximate surface area is 256 Å². The first-order chi connectivity index (χ1) is 21.4. The molecule has 0 spiro atoms.